The van der Waals surface area contributed by atoms with E-state index in [0.717, 1.165) is 27.8 Å². The summed E-state index contributed by atoms with van der Waals surface area (Å²) in [5, 5.41) is 5.20. The lowest BCUT2D eigenvalue weighted by molar-refractivity contribution is -0.121. The zero-order valence-electron chi connectivity index (χ0n) is 20.4. The molecule has 0 saturated carbocycles. The van der Waals surface area contributed by atoms with E-state index in [9.17, 15) is 14.4 Å². The van der Waals surface area contributed by atoms with E-state index in [1.165, 1.54) is 23.6 Å². The van der Waals surface area contributed by atoms with E-state index in [2.05, 4.69) is 41.5 Å². The zero-order chi connectivity index (χ0) is 24.9. The second-order valence-corrected chi connectivity index (χ2v) is 9.76. The van der Waals surface area contributed by atoms with E-state index >= 15 is 0 Å². The predicted molar refractivity (Wildman–Crippen MR) is 139 cm³/mol. The number of unbranched alkanes of at least 4 members (excludes halogenated alkanes) is 1. The Kier molecular flexibility index (Phi) is 7.65. The van der Waals surface area contributed by atoms with Crippen molar-refractivity contribution in [2.45, 2.75) is 51.6 Å². The number of nitrogens with one attached hydrogen (secondary N) is 1. The molecule has 184 valence electrons. The van der Waals surface area contributed by atoms with Crippen molar-refractivity contribution in [3.05, 3.63) is 84.9 Å². The molecular weight excluding hydrogens is 462 g/mol. The highest BCUT2D eigenvalue weighted by atomic mass is 32.1. The molecule has 8 nitrogen and oxygen atoms in total. The smallest absolute Gasteiger partial charge is 0.332 e. The van der Waals surface area contributed by atoms with Gasteiger partial charge in [-0.1, -0.05) is 43.7 Å². The molecule has 0 spiro atoms. The Hall–Kier alpha value is -3.46. The van der Waals surface area contributed by atoms with Gasteiger partial charge < -0.3 is 9.88 Å². The van der Waals surface area contributed by atoms with Crippen LogP contribution in [0.1, 0.15) is 54.7 Å². The summed E-state index contributed by atoms with van der Waals surface area (Å²) in [5.74, 6) is -0.0526. The number of rotatable bonds is 10. The Labute approximate surface area is 207 Å². The highest BCUT2D eigenvalue weighted by molar-refractivity contribution is 7.10. The molecule has 0 radical (unpaired) electrons. The Bertz CT molecular complexity index is 1410. The van der Waals surface area contributed by atoms with Gasteiger partial charge in [-0.3, -0.25) is 18.7 Å². The van der Waals surface area contributed by atoms with Gasteiger partial charge in [0.15, 0.2) is 11.2 Å². The van der Waals surface area contributed by atoms with Crippen molar-refractivity contribution in [3.8, 4) is 0 Å². The quantitative estimate of drug-likeness (QED) is 0.366. The van der Waals surface area contributed by atoms with Crippen molar-refractivity contribution in [2.75, 3.05) is 0 Å². The minimum atomic E-state index is -0.412. The molecule has 0 fully saturated rings. The Morgan fingerprint density at radius 2 is 1.86 bits per heavy atom. The molecule has 1 atom stereocenters. The van der Waals surface area contributed by atoms with Crippen molar-refractivity contribution >= 4 is 28.4 Å². The van der Waals surface area contributed by atoms with Gasteiger partial charge in [-0.25, -0.2) is 9.78 Å². The Morgan fingerprint density at radius 3 is 2.54 bits per heavy atom. The van der Waals surface area contributed by atoms with Gasteiger partial charge in [0.2, 0.25) is 5.91 Å². The molecular formula is C26H31N5O3S. The van der Waals surface area contributed by atoms with E-state index < -0.39 is 5.69 Å². The lowest BCUT2D eigenvalue weighted by Gasteiger charge is -2.19. The standard InChI is InChI=1S/C26H31N5O3S/c1-4-5-8-18-11-13-19(14-12-18)22(20-9-7-16-35-20)28-21(32)10-6-15-31-17-27-24-23(31)25(33)30(3)26(34)29(24)2/h7,9,11-14,16-17,22H,4-6,8,10,15H2,1-3H3,(H,28,32). The summed E-state index contributed by atoms with van der Waals surface area (Å²) in [4.78, 5) is 43.0. The second kappa shape index (κ2) is 10.9. The topological polar surface area (TPSA) is 90.9 Å². The molecule has 3 aromatic heterocycles. The van der Waals surface area contributed by atoms with Gasteiger partial charge in [0, 0.05) is 31.9 Å². The first kappa shape index (κ1) is 24.7. The number of aryl methyl sites for hydroxylation is 3. The number of aromatic nitrogens is 4. The molecule has 4 aromatic rings. The summed E-state index contributed by atoms with van der Waals surface area (Å²) in [5.41, 5.74) is 2.29. The number of benzene rings is 1. The van der Waals surface area contributed by atoms with Crippen LogP contribution in [0.3, 0.4) is 0 Å². The number of hydrogen-bond acceptors (Lipinski definition) is 5. The molecule has 3 heterocycles. The third kappa shape index (κ3) is 5.30. The van der Waals surface area contributed by atoms with Crippen LogP contribution in [0.5, 0.6) is 0 Å². The fraction of sp³-hybridized carbons (Fsp3) is 0.385. The van der Waals surface area contributed by atoms with E-state index in [4.69, 9.17) is 0 Å². The molecule has 4 rings (SSSR count). The monoisotopic (exact) mass is 493 g/mol. The summed E-state index contributed by atoms with van der Waals surface area (Å²) in [6.07, 6.45) is 5.79. The van der Waals surface area contributed by atoms with Crippen LogP contribution in [-0.2, 0) is 31.9 Å². The first-order valence-corrected chi connectivity index (χ1v) is 12.8. The average Bonchev–Trinajstić information content (AvgIpc) is 3.54. The van der Waals surface area contributed by atoms with Crippen LogP contribution in [0.4, 0.5) is 0 Å². The first-order chi connectivity index (χ1) is 16.9. The molecule has 1 unspecified atom stereocenters. The number of carbonyl (C=O) groups excluding carboxylic acids is 1. The van der Waals surface area contributed by atoms with Crippen LogP contribution in [0.2, 0.25) is 0 Å². The fourth-order valence-corrected chi connectivity index (χ4v) is 5.04. The molecule has 0 saturated heterocycles. The minimum absolute atomic E-state index is 0.0526. The lowest BCUT2D eigenvalue weighted by Crippen LogP contribution is -2.37. The number of fused-ring (bicyclic) bond motifs is 1. The van der Waals surface area contributed by atoms with Crippen LogP contribution in [-0.4, -0.2) is 24.6 Å². The lowest BCUT2D eigenvalue weighted by atomic mass is 10.0. The minimum Gasteiger partial charge on any atom is -0.344 e. The molecule has 0 aliphatic rings. The van der Waals surface area contributed by atoms with Crippen molar-refractivity contribution < 1.29 is 4.79 Å². The summed E-state index contributed by atoms with van der Waals surface area (Å²) >= 11 is 1.62. The van der Waals surface area contributed by atoms with Gasteiger partial charge >= 0.3 is 5.69 Å². The van der Waals surface area contributed by atoms with E-state index in [1.807, 2.05) is 17.5 Å². The molecule has 0 aliphatic heterocycles. The number of hydrogen-bond donors (Lipinski definition) is 1. The van der Waals surface area contributed by atoms with E-state index in [-0.39, 0.29) is 17.5 Å². The van der Waals surface area contributed by atoms with Crippen LogP contribution in [0.25, 0.3) is 11.2 Å². The maximum atomic E-state index is 12.9. The number of nitrogens with zero attached hydrogens (tertiary/aromatic N) is 4. The number of amides is 1. The molecule has 9 heteroatoms. The number of carbonyl (C=O) groups is 1. The molecule has 0 bridgehead atoms. The normalized spacial score (nSPS) is 12.2. The van der Waals surface area contributed by atoms with Gasteiger partial charge in [-0.15, -0.1) is 11.3 Å². The molecule has 1 N–H and O–H groups in total. The third-order valence-electron chi connectivity index (χ3n) is 6.29. The second-order valence-electron chi connectivity index (χ2n) is 8.78. The predicted octanol–water partition coefficient (Wildman–Crippen LogP) is 3.52. The molecule has 1 aromatic carbocycles. The van der Waals surface area contributed by atoms with Crippen molar-refractivity contribution in [1.82, 2.24) is 24.0 Å². The van der Waals surface area contributed by atoms with E-state index in [0.29, 0.717) is 30.6 Å². The maximum absolute atomic E-state index is 12.9. The Balaban J connectivity index is 1.44. The van der Waals surface area contributed by atoms with Gasteiger partial charge in [-0.05, 0) is 41.8 Å². The van der Waals surface area contributed by atoms with Gasteiger partial charge in [0.1, 0.15) is 0 Å². The van der Waals surface area contributed by atoms with Crippen LogP contribution in [0.15, 0.2) is 57.7 Å². The van der Waals surface area contributed by atoms with Crippen LogP contribution in [0, 0.1) is 0 Å². The van der Waals surface area contributed by atoms with Crippen molar-refractivity contribution in [2.24, 2.45) is 14.1 Å². The average molecular weight is 494 g/mol. The third-order valence-corrected chi connectivity index (χ3v) is 7.22. The highest BCUT2D eigenvalue weighted by Crippen LogP contribution is 2.27. The van der Waals surface area contributed by atoms with Crippen molar-refractivity contribution in [1.29, 1.82) is 0 Å². The molecule has 1 amide bonds. The highest BCUT2D eigenvalue weighted by Gasteiger charge is 2.19. The summed E-state index contributed by atoms with van der Waals surface area (Å²) in [6, 6.07) is 12.3. The van der Waals surface area contributed by atoms with Crippen LogP contribution >= 0.6 is 11.3 Å². The van der Waals surface area contributed by atoms with Crippen molar-refractivity contribution in [3.63, 3.8) is 0 Å². The summed E-state index contributed by atoms with van der Waals surface area (Å²) in [7, 11) is 3.05. The van der Waals surface area contributed by atoms with Gasteiger partial charge in [0.05, 0.1) is 12.4 Å². The number of thiophene rings is 1. The molecule has 35 heavy (non-hydrogen) atoms. The summed E-state index contributed by atoms with van der Waals surface area (Å²) in [6.45, 7) is 2.64. The summed E-state index contributed by atoms with van der Waals surface area (Å²) < 4.78 is 4.15. The largest absolute Gasteiger partial charge is 0.344 e. The molecule has 0 aliphatic carbocycles. The fourth-order valence-electron chi connectivity index (χ4n) is 4.24. The Morgan fingerprint density at radius 1 is 1.09 bits per heavy atom. The SMILES string of the molecule is CCCCc1ccc(C(NC(=O)CCCn2cnc3c2c(=O)n(C)c(=O)n3C)c2cccs2)cc1. The first-order valence-electron chi connectivity index (χ1n) is 11.9. The maximum Gasteiger partial charge on any atom is 0.332 e. The van der Waals surface area contributed by atoms with Crippen LogP contribution < -0.4 is 16.6 Å². The van der Waals surface area contributed by atoms with Gasteiger partial charge in [0.25, 0.3) is 5.56 Å². The zero-order valence-corrected chi connectivity index (χ0v) is 21.2. The van der Waals surface area contributed by atoms with E-state index in [1.54, 1.807) is 29.3 Å². The number of imidazole rings is 1. The van der Waals surface area contributed by atoms with Gasteiger partial charge in [-0.2, -0.15) is 0 Å².